The summed E-state index contributed by atoms with van der Waals surface area (Å²) < 4.78 is 7.79. The average molecular weight is 305 g/mol. The third kappa shape index (κ3) is 3.01. The molecule has 21 heavy (non-hydrogen) atoms. The SMILES string of the molecule is Cc1ccsc1C(=O)N[C@@H]1CCO[C@H](c2cncn2C)C1. The van der Waals surface area contributed by atoms with Crippen molar-refractivity contribution in [2.45, 2.75) is 31.9 Å². The lowest BCUT2D eigenvalue weighted by Gasteiger charge is -2.30. The van der Waals surface area contributed by atoms with E-state index >= 15 is 0 Å². The maximum Gasteiger partial charge on any atom is 0.261 e. The molecule has 3 rings (SSSR count). The van der Waals surface area contributed by atoms with E-state index < -0.39 is 0 Å². The van der Waals surface area contributed by atoms with Crippen LogP contribution in [0.5, 0.6) is 0 Å². The van der Waals surface area contributed by atoms with Crippen LogP contribution in [-0.2, 0) is 11.8 Å². The average Bonchev–Trinajstić information content (AvgIpc) is 3.07. The lowest BCUT2D eigenvalue weighted by molar-refractivity contribution is -0.00299. The van der Waals surface area contributed by atoms with Crippen LogP contribution < -0.4 is 5.32 Å². The van der Waals surface area contributed by atoms with E-state index in [1.165, 1.54) is 11.3 Å². The second kappa shape index (κ2) is 5.99. The van der Waals surface area contributed by atoms with Gasteiger partial charge in [-0.2, -0.15) is 0 Å². The summed E-state index contributed by atoms with van der Waals surface area (Å²) in [5, 5.41) is 5.09. The monoisotopic (exact) mass is 305 g/mol. The van der Waals surface area contributed by atoms with Crippen LogP contribution in [0, 0.1) is 6.92 Å². The molecule has 0 aromatic carbocycles. The molecule has 0 radical (unpaired) electrons. The Morgan fingerprint density at radius 2 is 2.43 bits per heavy atom. The number of rotatable bonds is 3. The molecule has 2 atom stereocenters. The Balaban J connectivity index is 1.66. The van der Waals surface area contributed by atoms with E-state index in [1.54, 1.807) is 6.33 Å². The Hall–Kier alpha value is -1.66. The molecule has 6 heteroatoms. The molecule has 5 nitrogen and oxygen atoms in total. The third-order valence-electron chi connectivity index (χ3n) is 3.87. The molecule has 0 spiro atoms. The van der Waals surface area contributed by atoms with Crippen molar-refractivity contribution in [2.24, 2.45) is 7.05 Å². The first-order valence-electron chi connectivity index (χ1n) is 7.08. The van der Waals surface area contributed by atoms with E-state index in [4.69, 9.17) is 4.74 Å². The van der Waals surface area contributed by atoms with Gasteiger partial charge in [-0.25, -0.2) is 4.98 Å². The van der Waals surface area contributed by atoms with E-state index in [1.807, 2.05) is 36.2 Å². The standard InChI is InChI=1S/C15H19N3O2S/c1-10-4-6-21-14(10)15(19)17-11-3-5-20-13(7-11)12-8-16-9-18(12)2/h4,6,8-9,11,13H,3,5,7H2,1-2H3,(H,17,19)/t11-,13+/m1/s1. The van der Waals surface area contributed by atoms with Gasteiger partial charge < -0.3 is 14.6 Å². The highest BCUT2D eigenvalue weighted by Crippen LogP contribution is 2.28. The van der Waals surface area contributed by atoms with Crippen molar-refractivity contribution in [3.8, 4) is 0 Å². The van der Waals surface area contributed by atoms with Crippen molar-refractivity contribution in [1.29, 1.82) is 0 Å². The molecule has 1 amide bonds. The van der Waals surface area contributed by atoms with E-state index in [0.29, 0.717) is 6.61 Å². The Bertz CT molecular complexity index is 634. The molecular formula is C15H19N3O2S. The highest BCUT2D eigenvalue weighted by Gasteiger charge is 2.27. The van der Waals surface area contributed by atoms with Crippen molar-refractivity contribution in [1.82, 2.24) is 14.9 Å². The fraction of sp³-hybridized carbons (Fsp3) is 0.467. The number of imidazole rings is 1. The Morgan fingerprint density at radius 3 is 3.10 bits per heavy atom. The Kier molecular flexibility index (Phi) is 4.07. The van der Waals surface area contributed by atoms with Crippen LogP contribution in [-0.4, -0.2) is 28.1 Å². The van der Waals surface area contributed by atoms with Crippen molar-refractivity contribution < 1.29 is 9.53 Å². The van der Waals surface area contributed by atoms with Gasteiger partial charge >= 0.3 is 0 Å². The fourth-order valence-electron chi connectivity index (χ4n) is 2.67. The Morgan fingerprint density at radius 1 is 1.57 bits per heavy atom. The van der Waals surface area contributed by atoms with E-state index in [0.717, 1.165) is 29.0 Å². The van der Waals surface area contributed by atoms with Crippen LogP contribution in [0.25, 0.3) is 0 Å². The molecule has 3 heterocycles. The number of nitrogens with zero attached hydrogens (tertiary/aromatic N) is 2. The second-order valence-electron chi connectivity index (χ2n) is 5.42. The zero-order valence-corrected chi connectivity index (χ0v) is 13.0. The zero-order chi connectivity index (χ0) is 14.8. The van der Waals surface area contributed by atoms with Crippen LogP contribution in [0.3, 0.4) is 0 Å². The van der Waals surface area contributed by atoms with Crippen LogP contribution >= 0.6 is 11.3 Å². The predicted molar refractivity (Wildman–Crippen MR) is 81.4 cm³/mol. The molecule has 0 aliphatic carbocycles. The molecule has 0 saturated carbocycles. The summed E-state index contributed by atoms with van der Waals surface area (Å²) in [6, 6.07) is 2.12. The number of aromatic nitrogens is 2. The summed E-state index contributed by atoms with van der Waals surface area (Å²) in [5.41, 5.74) is 2.09. The van der Waals surface area contributed by atoms with Crippen LogP contribution in [0.4, 0.5) is 0 Å². The van der Waals surface area contributed by atoms with Gasteiger partial charge in [0.05, 0.1) is 23.1 Å². The van der Waals surface area contributed by atoms with Gasteiger partial charge in [0.25, 0.3) is 5.91 Å². The first-order chi connectivity index (χ1) is 10.1. The summed E-state index contributed by atoms with van der Waals surface area (Å²) >= 11 is 1.49. The van der Waals surface area contributed by atoms with Crippen LogP contribution in [0.2, 0.25) is 0 Å². The quantitative estimate of drug-likeness (QED) is 0.947. The van der Waals surface area contributed by atoms with Gasteiger partial charge in [0.15, 0.2) is 0 Å². The highest BCUT2D eigenvalue weighted by atomic mass is 32.1. The van der Waals surface area contributed by atoms with Gasteiger partial charge in [0, 0.05) is 19.7 Å². The molecular weight excluding hydrogens is 286 g/mol. The van der Waals surface area contributed by atoms with Gasteiger partial charge in [-0.15, -0.1) is 11.3 Å². The number of hydrogen-bond acceptors (Lipinski definition) is 4. The number of carbonyl (C=O) groups is 1. The largest absolute Gasteiger partial charge is 0.372 e. The molecule has 0 bridgehead atoms. The van der Waals surface area contributed by atoms with Crippen LogP contribution in [0.15, 0.2) is 24.0 Å². The van der Waals surface area contributed by atoms with Crippen LogP contribution in [0.1, 0.15) is 39.9 Å². The lowest BCUT2D eigenvalue weighted by Crippen LogP contribution is -2.40. The van der Waals surface area contributed by atoms with Crippen molar-refractivity contribution >= 4 is 17.2 Å². The number of nitrogens with one attached hydrogen (secondary N) is 1. The van der Waals surface area contributed by atoms with Gasteiger partial charge in [0.2, 0.25) is 0 Å². The molecule has 1 aliphatic heterocycles. The molecule has 1 N–H and O–H groups in total. The third-order valence-corrected chi connectivity index (χ3v) is 4.89. The minimum Gasteiger partial charge on any atom is -0.372 e. The van der Waals surface area contributed by atoms with Gasteiger partial charge in [0.1, 0.15) is 6.10 Å². The van der Waals surface area contributed by atoms with Gasteiger partial charge in [-0.1, -0.05) is 0 Å². The molecule has 112 valence electrons. The minimum atomic E-state index is 0.000910. The Labute approximate surface area is 128 Å². The van der Waals surface area contributed by atoms with Crippen molar-refractivity contribution in [3.63, 3.8) is 0 Å². The summed E-state index contributed by atoms with van der Waals surface area (Å²) in [6.45, 7) is 2.62. The zero-order valence-electron chi connectivity index (χ0n) is 12.2. The molecule has 2 aromatic rings. The topological polar surface area (TPSA) is 56.1 Å². The minimum absolute atomic E-state index is 0.000910. The van der Waals surface area contributed by atoms with Crippen molar-refractivity contribution in [3.05, 3.63) is 40.1 Å². The molecule has 0 unspecified atom stereocenters. The number of carbonyl (C=O) groups excluding carboxylic acids is 1. The normalized spacial score (nSPS) is 22.2. The molecule has 1 saturated heterocycles. The number of amides is 1. The summed E-state index contributed by atoms with van der Waals surface area (Å²) in [7, 11) is 1.96. The molecule has 1 aliphatic rings. The fourth-order valence-corrected chi connectivity index (χ4v) is 3.50. The smallest absolute Gasteiger partial charge is 0.261 e. The molecule has 2 aromatic heterocycles. The number of hydrogen-bond donors (Lipinski definition) is 1. The van der Waals surface area contributed by atoms with Crippen molar-refractivity contribution in [2.75, 3.05) is 6.61 Å². The predicted octanol–water partition coefficient (Wildman–Crippen LogP) is 2.44. The maximum absolute atomic E-state index is 12.3. The first kappa shape index (κ1) is 14.3. The summed E-state index contributed by atoms with van der Waals surface area (Å²) in [4.78, 5) is 17.2. The first-order valence-corrected chi connectivity index (χ1v) is 7.96. The van der Waals surface area contributed by atoms with E-state index in [2.05, 4.69) is 10.3 Å². The number of thiophene rings is 1. The lowest BCUT2D eigenvalue weighted by atomic mass is 10.0. The molecule has 1 fully saturated rings. The second-order valence-corrected chi connectivity index (χ2v) is 6.33. The van der Waals surface area contributed by atoms with E-state index in [9.17, 15) is 4.79 Å². The summed E-state index contributed by atoms with van der Waals surface area (Å²) in [5.74, 6) is 0.0261. The number of ether oxygens (including phenoxy) is 1. The number of aryl methyl sites for hydroxylation is 2. The highest BCUT2D eigenvalue weighted by molar-refractivity contribution is 7.12. The van der Waals surface area contributed by atoms with Gasteiger partial charge in [-0.3, -0.25) is 4.79 Å². The van der Waals surface area contributed by atoms with Gasteiger partial charge in [-0.05, 0) is 36.8 Å². The maximum atomic E-state index is 12.3. The van der Waals surface area contributed by atoms with E-state index in [-0.39, 0.29) is 18.1 Å². The summed E-state index contributed by atoms with van der Waals surface area (Å²) in [6.07, 6.45) is 5.25.